The molecule has 0 aliphatic rings. The van der Waals surface area contributed by atoms with E-state index in [0.717, 1.165) is 19.3 Å². The van der Waals surface area contributed by atoms with E-state index in [9.17, 15) is 19.8 Å². The zero-order valence-electron chi connectivity index (χ0n) is 21.9. The largest absolute Gasteiger partial charge is 0.477 e. The molecule has 196 valence electrons. The number of ether oxygens (including phenoxy) is 2. The van der Waals surface area contributed by atoms with Gasteiger partial charge >= 0.3 is 11.9 Å². The van der Waals surface area contributed by atoms with E-state index < -0.39 is 18.1 Å². The predicted molar refractivity (Wildman–Crippen MR) is 132 cm³/mol. The maximum absolute atomic E-state index is 11.8. The highest BCUT2D eigenvalue weighted by molar-refractivity contribution is 5.72. The second-order valence-electron chi connectivity index (χ2n) is 10.2. The minimum atomic E-state index is -0.895. The normalized spacial score (nSPS) is 13.6. The highest BCUT2D eigenvalue weighted by atomic mass is 16.5. The summed E-state index contributed by atoms with van der Waals surface area (Å²) in [6.45, 7) is 2.42. The molecule has 0 rings (SSSR count). The number of carboxylic acid groups (broad SMARTS) is 1. The van der Waals surface area contributed by atoms with E-state index in [1.165, 1.54) is 64.2 Å². The Morgan fingerprint density at radius 1 is 0.788 bits per heavy atom. The lowest BCUT2D eigenvalue weighted by Crippen LogP contribution is -2.50. The third-order valence-corrected chi connectivity index (χ3v) is 5.99. The summed E-state index contributed by atoms with van der Waals surface area (Å²) in [6, 6.07) is -0.569. The number of esters is 1. The van der Waals surface area contributed by atoms with Crippen molar-refractivity contribution in [3.05, 3.63) is 0 Å². The Balaban J connectivity index is 3.55. The van der Waals surface area contributed by atoms with Gasteiger partial charge in [0.2, 0.25) is 0 Å². The number of nitrogens with zero attached hydrogens (tertiary/aromatic N) is 1. The summed E-state index contributed by atoms with van der Waals surface area (Å²) in [5.41, 5.74) is 0. The number of aliphatic hydroxyl groups excluding tert-OH is 1. The highest BCUT2D eigenvalue weighted by Gasteiger charge is 2.30. The number of carboxylic acids is 1. The quantitative estimate of drug-likeness (QED) is 0.124. The molecule has 0 aromatic carbocycles. The predicted octanol–water partition coefficient (Wildman–Crippen LogP) is 4.94. The van der Waals surface area contributed by atoms with Gasteiger partial charge in [0.1, 0.15) is 12.7 Å². The number of hydrogen-bond acceptors (Lipinski definition) is 5. The van der Waals surface area contributed by atoms with Gasteiger partial charge in [0, 0.05) is 12.8 Å². The molecule has 0 spiro atoms. The topological polar surface area (TPSA) is 93.1 Å². The van der Waals surface area contributed by atoms with Gasteiger partial charge in [0.25, 0.3) is 0 Å². The van der Waals surface area contributed by atoms with Crippen LogP contribution in [-0.4, -0.2) is 79.7 Å². The van der Waals surface area contributed by atoms with Crippen molar-refractivity contribution >= 4 is 11.9 Å². The summed E-state index contributed by atoms with van der Waals surface area (Å²) >= 11 is 0. The maximum atomic E-state index is 11.8. The number of aliphatic carboxylic acids is 1. The van der Waals surface area contributed by atoms with E-state index in [1.54, 1.807) is 0 Å². The molecular formula is C26H52NO6+. The molecule has 0 bridgehead atoms. The van der Waals surface area contributed by atoms with E-state index in [-0.39, 0.29) is 25.8 Å². The first-order valence-corrected chi connectivity index (χ1v) is 13.1. The molecule has 0 fully saturated rings. The number of hydrogen-bond donors (Lipinski definition) is 2. The van der Waals surface area contributed by atoms with Crippen LogP contribution in [-0.2, 0) is 19.1 Å². The molecule has 1 unspecified atom stereocenters. The molecule has 33 heavy (non-hydrogen) atoms. The summed E-state index contributed by atoms with van der Waals surface area (Å²) in [4.78, 5) is 23.1. The van der Waals surface area contributed by atoms with Gasteiger partial charge in [-0.25, -0.2) is 4.79 Å². The van der Waals surface area contributed by atoms with Gasteiger partial charge < -0.3 is 24.2 Å². The van der Waals surface area contributed by atoms with Crippen LogP contribution in [0.2, 0.25) is 0 Å². The SMILES string of the molecule is CCCCCCCCCCCCCCCC(=O)OC[C@@H](O)COCCC(C(=O)O)[N+](C)(C)C. The van der Waals surface area contributed by atoms with Crippen LogP contribution in [0.1, 0.15) is 103 Å². The highest BCUT2D eigenvalue weighted by Crippen LogP contribution is 2.13. The van der Waals surface area contributed by atoms with Gasteiger partial charge in [-0.1, -0.05) is 84.0 Å². The molecule has 7 heteroatoms. The van der Waals surface area contributed by atoms with Crippen LogP contribution >= 0.6 is 0 Å². The number of carbonyl (C=O) groups excluding carboxylic acids is 1. The molecule has 0 aliphatic heterocycles. The Bertz CT molecular complexity index is 492. The molecule has 2 atom stereocenters. The van der Waals surface area contributed by atoms with Crippen LogP contribution in [0, 0.1) is 0 Å². The van der Waals surface area contributed by atoms with E-state index in [0.29, 0.717) is 17.3 Å². The fourth-order valence-corrected chi connectivity index (χ4v) is 3.85. The first-order chi connectivity index (χ1) is 15.7. The second-order valence-corrected chi connectivity index (χ2v) is 10.2. The summed E-state index contributed by atoms with van der Waals surface area (Å²) in [5.74, 6) is -1.15. The van der Waals surface area contributed by atoms with Crippen LogP contribution in [0.25, 0.3) is 0 Å². The van der Waals surface area contributed by atoms with Gasteiger partial charge in [0.05, 0.1) is 34.4 Å². The zero-order valence-corrected chi connectivity index (χ0v) is 21.9. The number of likely N-dealkylation sites (N-methyl/N-ethyl adjacent to an activating group) is 1. The van der Waals surface area contributed by atoms with E-state index in [1.807, 2.05) is 21.1 Å². The van der Waals surface area contributed by atoms with Crippen LogP contribution in [0.5, 0.6) is 0 Å². The second kappa shape index (κ2) is 20.2. The smallest absolute Gasteiger partial charge is 0.362 e. The summed E-state index contributed by atoms with van der Waals surface area (Å²) in [6.07, 6.45) is 16.2. The average molecular weight is 475 g/mol. The lowest BCUT2D eigenvalue weighted by atomic mass is 10.0. The van der Waals surface area contributed by atoms with Crippen LogP contribution < -0.4 is 0 Å². The van der Waals surface area contributed by atoms with Crippen LogP contribution in [0.3, 0.4) is 0 Å². The molecule has 0 radical (unpaired) electrons. The van der Waals surface area contributed by atoms with Crippen molar-refractivity contribution in [2.75, 3.05) is 41.0 Å². The summed E-state index contributed by atoms with van der Waals surface area (Å²) in [5, 5.41) is 19.2. The lowest BCUT2D eigenvalue weighted by molar-refractivity contribution is -0.887. The van der Waals surface area contributed by atoms with Crippen molar-refractivity contribution in [1.82, 2.24) is 0 Å². The molecule has 0 aromatic heterocycles. The monoisotopic (exact) mass is 474 g/mol. The van der Waals surface area contributed by atoms with Gasteiger partial charge in [-0.15, -0.1) is 0 Å². The summed E-state index contributed by atoms with van der Waals surface area (Å²) < 4.78 is 10.8. The van der Waals surface area contributed by atoms with Crippen LogP contribution in [0.15, 0.2) is 0 Å². The van der Waals surface area contributed by atoms with Gasteiger partial charge in [-0.3, -0.25) is 4.79 Å². The number of aliphatic hydroxyl groups is 1. The molecule has 0 saturated heterocycles. The third kappa shape index (κ3) is 20.0. The Morgan fingerprint density at radius 3 is 1.73 bits per heavy atom. The minimum Gasteiger partial charge on any atom is -0.477 e. The zero-order chi connectivity index (χ0) is 25.0. The van der Waals surface area contributed by atoms with E-state index in [2.05, 4.69) is 6.92 Å². The summed E-state index contributed by atoms with van der Waals surface area (Å²) in [7, 11) is 5.47. The Labute approximate surface area is 202 Å². The molecule has 0 aromatic rings. The van der Waals surface area contributed by atoms with E-state index >= 15 is 0 Å². The number of quaternary nitrogens is 1. The fourth-order valence-electron chi connectivity index (χ4n) is 3.85. The Hall–Kier alpha value is -1.18. The fraction of sp³-hybridized carbons (Fsp3) is 0.923. The molecule has 2 N–H and O–H groups in total. The molecule has 0 amide bonds. The lowest BCUT2D eigenvalue weighted by Gasteiger charge is -2.31. The minimum absolute atomic E-state index is 0.0233. The maximum Gasteiger partial charge on any atom is 0.362 e. The van der Waals surface area contributed by atoms with Gasteiger partial charge in [-0.2, -0.15) is 0 Å². The van der Waals surface area contributed by atoms with Crippen molar-refractivity contribution in [2.45, 2.75) is 115 Å². The van der Waals surface area contributed by atoms with Crippen molar-refractivity contribution in [3.8, 4) is 0 Å². The van der Waals surface area contributed by atoms with Crippen molar-refractivity contribution in [2.24, 2.45) is 0 Å². The van der Waals surface area contributed by atoms with Gasteiger partial charge in [-0.05, 0) is 6.42 Å². The number of rotatable bonds is 23. The molecule has 0 saturated carbocycles. The Kier molecular flexibility index (Phi) is 19.5. The molecule has 0 heterocycles. The third-order valence-electron chi connectivity index (χ3n) is 5.99. The molecular weight excluding hydrogens is 422 g/mol. The average Bonchev–Trinajstić information content (AvgIpc) is 2.74. The number of carbonyl (C=O) groups is 2. The van der Waals surface area contributed by atoms with Gasteiger partial charge in [0.15, 0.2) is 6.04 Å². The van der Waals surface area contributed by atoms with Crippen molar-refractivity contribution < 1.29 is 33.8 Å². The molecule has 7 nitrogen and oxygen atoms in total. The number of unbranched alkanes of at least 4 members (excludes halogenated alkanes) is 12. The first-order valence-electron chi connectivity index (χ1n) is 13.1. The van der Waals surface area contributed by atoms with E-state index in [4.69, 9.17) is 9.47 Å². The Morgan fingerprint density at radius 2 is 1.27 bits per heavy atom. The standard InChI is InChI=1S/C26H51NO6/c1-5-6-7-8-9-10-11-12-13-14-15-16-17-18-25(29)33-22-23(28)21-32-20-19-24(26(30)31)27(2,3)4/h23-24,28H,5-22H2,1-4H3/p+1/t23-,24?/m0/s1. The first kappa shape index (κ1) is 31.8. The van der Waals surface area contributed by atoms with Crippen molar-refractivity contribution in [3.63, 3.8) is 0 Å². The van der Waals surface area contributed by atoms with Crippen LogP contribution in [0.4, 0.5) is 0 Å². The molecule has 0 aliphatic carbocycles. The van der Waals surface area contributed by atoms with Crippen molar-refractivity contribution in [1.29, 1.82) is 0 Å².